The summed E-state index contributed by atoms with van der Waals surface area (Å²) in [5.41, 5.74) is 0.614. The van der Waals surface area contributed by atoms with Crippen LogP contribution in [0.2, 0.25) is 0 Å². The molecule has 2 aromatic rings. The average molecular weight is 259 g/mol. The van der Waals surface area contributed by atoms with Gasteiger partial charge in [-0.05, 0) is 26.8 Å². The molecule has 0 saturated carbocycles. The minimum absolute atomic E-state index is 0.0393. The van der Waals surface area contributed by atoms with Crippen LogP contribution in [0.3, 0.4) is 0 Å². The van der Waals surface area contributed by atoms with Crippen LogP contribution in [0.15, 0.2) is 12.1 Å². The van der Waals surface area contributed by atoms with E-state index >= 15 is 0 Å². The van der Waals surface area contributed by atoms with Gasteiger partial charge in [0.15, 0.2) is 5.82 Å². The summed E-state index contributed by atoms with van der Waals surface area (Å²) in [5.74, 6) is -0.704. The molecular formula is C12H13ClF2N2. The van der Waals surface area contributed by atoms with E-state index in [0.29, 0.717) is 11.3 Å². The average Bonchev–Trinajstić information content (AvgIpc) is 2.56. The molecule has 0 bridgehead atoms. The SMILES string of the molecule is CC(Cl)c1nc2c(F)cc(F)cc2n1C(C)C. The van der Waals surface area contributed by atoms with Gasteiger partial charge in [-0.2, -0.15) is 0 Å². The first-order valence-electron chi connectivity index (χ1n) is 5.42. The number of halogens is 3. The maximum atomic E-state index is 13.6. The smallest absolute Gasteiger partial charge is 0.153 e. The number of alkyl halides is 1. The molecule has 1 aromatic carbocycles. The molecular weight excluding hydrogens is 246 g/mol. The molecule has 1 heterocycles. The summed E-state index contributed by atoms with van der Waals surface area (Å²) in [5, 5.41) is -0.354. The van der Waals surface area contributed by atoms with E-state index in [-0.39, 0.29) is 16.9 Å². The summed E-state index contributed by atoms with van der Waals surface area (Å²) in [7, 11) is 0. The maximum absolute atomic E-state index is 13.6. The van der Waals surface area contributed by atoms with Crippen molar-refractivity contribution in [3.8, 4) is 0 Å². The van der Waals surface area contributed by atoms with Gasteiger partial charge in [0.1, 0.15) is 17.2 Å². The Hall–Kier alpha value is -1.16. The molecule has 0 saturated heterocycles. The van der Waals surface area contributed by atoms with E-state index in [0.717, 1.165) is 6.07 Å². The number of fused-ring (bicyclic) bond motifs is 1. The van der Waals surface area contributed by atoms with Crippen molar-refractivity contribution in [2.45, 2.75) is 32.2 Å². The molecule has 92 valence electrons. The molecule has 0 spiro atoms. The summed E-state index contributed by atoms with van der Waals surface area (Å²) in [4.78, 5) is 4.16. The van der Waals surface area contributed by atoms with Crippen molar-refractivity contribution in [2.24, 2.45) is 0 Å². The van der Waals surface area contributed by atoms with Crippen molar-refractivity contribution in [3.05, 3.63) is 29.6 Å². The molecule has 0 radical (unpaired) electrons. The van der Waals surface area contributed by atoms with Gasteiger partial charge in [-0.15, -0.1) is 11.6 Å². The Morgan fingerprint density at radius 2 is 1.88 bits per heavy atom. The Kier molecular flexibility index (Phi) is 3.08. The predicted octanol–water partition coefficient (Wildman–Crippen LogP) is 4.20. The number of hydrogen-bond donors (Lipinski definition) is 0. The van der Waals surface area contributed by atoms with E-state index in [9.17, 15) is 8.78 Å². The van der Waals surface area contributed by atoms with Gasteiger partial charge in [0.05, 0.1) is 10.9 Å². The molecule has 17 heavy (non-hydrogen) atoms. The van der Waals surface area contributed by atoms with Gasteiger partial charge in [0, 0.05) is 12.1 Å². The number of benzene rings is 1. The normalized spacial score (nSPS) is 13.6. The highest BCUT2D eigenvalue weighted by Gasteiger charge is 2.19. The van der Waals surface area contributed by atoms with Crippen LogP contribution >= 0.6 is 11.6 Å². The third kappa shape index (κ3) is 2.02. The highest BCUT2D eigenvalue weighted by atomic mass is 35.5. The van der Waals surface area contributed by atoms with Crippen LogP contribution in [-0.4, -0.2) is 9.55 Å². The van der Waals surface area contributed by atoms with Crippen LogP contribution in [-0.2, 0) is 0 Å². The largest absolute Gasteiger partial charge is 0.324 e. The molecule has 0 amide bonds. The van der Waals surface area contributed by atoms with Gasteiger partial charge in [-0.25, -0.2) is 13.8 Å². The zero-order valence-electron chi connectivity index (χ0n) is 9.84. The number of rotatable bonds is 2. The molecule has 0 aliphatic carbocycles. The Balaban J connectivity index is 2.85. The molecule has 1 unspecified atom stereocenters. The first-order chi connectivity index (χ1) is 7.91. The molecule has 0 N–H and O–H groups in total. The number of hydrogen-bond acceptors (Lipinski definition) is 1. The molecule has 1 aromatic heterocycles. The Bertz CT molecular complexity index is 561. The van der Waals surface area contributed by atoms with Crippen LogP contribution in [0.25, 0.3) is 11.0 Å². The highest BCUT2D eigenvalue weighted by Crippen LogP contribution is 2.29. The van der Waals surface area contributed by atoms with Crippen LogP contribution in [0.5, 0.6) is 0 Å². The van der Waals surface area contributed by atoms with Crippen LogP contribution < -0.4 is 0 Å². The van der Waals surface area contributed by atoms with Gasteiger partial charge in [-0.3, -0.25) is 0 Å². The van der Waals surface area contributed by atoms with Crippen molar-refractivity contribution in [1.82, 2.24) is 9.55 Å². The van der Waals surface area contributed by atoms with E-state index in [1.54, 1.807) is 11.5 Å². The molecule has 2 rings (SSSR count). The first kappa shape index (κ1) is 12.3. The van der Waals surface area contributed by atoms with E-state index in [1.165, 1.54) is 6.07 Å². The van der Waals surface area contributed by atoms with Gasteiger partial charge < -0.3 is 4.57 Å². The lowest BCUT2D eigenvalue weighted by atomic mass is 10.2. The van der Waals surface area contributed by atoms with Gasteiger partial charge in [-0.1, -0.05) is 0 Å². The van der Waals surface area contributed by atoms with Crippen LogP contribution in [0.4, 0.5) is 8.78 Å². The van der Waals surface area contributed by atoms with Crippen molar-refractivity contribution >= 4 is 22.6 Å². The van der Waals surface area contributed by atoms with E-state index < -0.39 is 11.6 Å². The zero-order chi connectivity index (χ0) is 12.7. The molecule has 5 heteroatoms. The zero-order valence-corrected chi connectivity index (χ0v) is 10.6. The van der Waals surface area contributed by atoms with Gasteiger partial charge in [0.2, 0.25) is 0 Å². The van der Waals surface area contributed by atoms with E-state index in [2.05, 4.69) is 4.98 Å². The lowest BCUT2D eigenvalue weighted by molar-refractivity contribution is 0.577. The van der Waals surface area contributed by atoms with Crippen LogP contribution in [0.1, 0.15) is 38.0 Å². The predicted molar refractivity (Wildman–Crippen MR) is 64.3 cm³/mol. The summed E-state index contributed by atoms with van der Waals surface area (Å²) in [6.07, 6.45) is 0. The van der Waals surface area contributed by atoms with Crippen molar-refractivity contribution < 1.29 is 8.78 Å². The summed E-state index contributed by atoms with van der Waals surface area (Å²) in [6.45, 7) is 5.61. The molecule has 0 fully saturated rings. The third-order valence-electron chi connectivity index (χ3n) is 2.61. The van der Waals surface area contributed by atoms with Crippen molar-refractivity contribution in [1.29, 1.82) is 0 Å². The van der Waals surface area contributed by atoms with Crippen molar-refractivity contribution in [3.63, 3.8) is 0 Å². The van der Waals surface area contributed by atoms with Crippen molar-refractivity contribution in [2.75, 3.05) is 0 Å². The third-order valence-corrected chi connectivity index (χ3v) is 2.81. The van der Waals surface area contributed by atoms with Gasteiger partial charge in [0.25, 0.3) is 0 Å². The molecule has 1 atom stereocenters. The second-order valence-electron chi connectivity index (χ2n) is 4.31. The molecule has 2 nitrogen and oxygen atoms in total. The van der Waals surface area contributed by atoms with Crippen LogP contribution in [0, 0.1) is 11.6 Å². The number of aromatic nitrogens is 2. The monoisotopic (exact) mass is 258 g/mol. The van der Waals surface area contributed by atoms with E-state index in [1.807, 2.05) is 13.8 Å². The highest BCUT2D eigenvalue weighted by molar-refractivity contribution is 6.20. The minimum Gasteiger partial charge on any atom is -0.324 e. The molecule has 0 aliphatic rings. The quantitative estimate of drug-likeness (QED) is 0.739. The Morgan fingerprint density at radius 1 is 1.24 bits per heavy atom. The Labute approximate surface area is 103 Å². The lowest BCUT2D eigenvalue weighted by Crippen LogP contribution is -2.06. The summed E-state index contributed by atoms with van der Waals surface area (Å²) in [6, 6.07) is 2.16. The second-order valence-corrected chi connectivity index (χ2v) is 4.96. The van der Waals surface area contributed by atoms with E-state index in [4.69, 9.17) is 11.6 Å². The fourth-order valence-electron chi connectivity index (χ4n) is 1.96. The first-order valence-corrected chi connectivity index (χ1v) is 5.86. The minimum atomic E-state index is -0.655. The number of nitrogens with zero attached hydrogens (tertiary/aromatic N) is 2. The topological polar surface area (TPSA) is 17.8 Å². The summed E-state index contributed by atoms with van der Waals surface area (Å²) >= 11 is 6.02. The molecule has 0 aliphatic heterocycles. The summed E-state index contributed by atoms with van der Waals surface area (Å²) < 4.78 is 28.6. The maximum Gasteiger partial charge on any atom is 0.153 e. The Morgan fingerprint density at radius 3 is 2.41 bits per heavy atom. The van der Waals surface area contributed by atoms with Gasteiger partial charge >= 0.3 is 0 Å². The lowest BCUT2D eigenvalue weighted by Gasteiger charge is -2.14. The second kappa shape index (κ2) is 4.26. The standard InChI is InChI=1S/C12H13ClF2N2/c1-6(2)17-10-5-8(14)4-9(15)11(10)16-12(17)7(3)13/h4-7H,1-3H3. The fourth-order valence-corrected chi connectivity index (χ4v) is 2.12. The number of imidazole rings is 1. The fraction of sp³-hybridized carbons (Fsp3) is 0.417.